The predicted octanol–water partition coefficient (Wildman–Crippen LogP) is 14.3. The van der Waals surface area contributed by atoms with E-state index in [0.29, 0.717) is 17.5 Å². The number of hydrogen-bond donors (Lipinski definition) is 0. The summed E-state index contributed by atoms with van der Waals surface area (Å²) in [5.74, 6) is 1.69. The Morgan fingerprint density at radius 1 is 0.371 bits per heavy atom. The van der Waals surface area contributed by atoms with Crippen LogP contribution in [0.1, 0.15) is 0 Å². The van der Waals surface area contributed by atoms with Crippen LogP contribution < -0.4 is 0 Å². The highest BCUT2D eigenvalue weighted by molar-refractivity contribution is 6.16. The molecule has 0 amide bonds. The second kappa shape index (κ2) is 13.3. The molecule has 0 atom stereocenters. The molecule has 0 N–H and O–H groups in total. The van der Waals surface area contributed by atoms with Crippen molar-refractivity contribution < 1.29 is 4.42 Å². The Kier molecular flexibility index (Phi) is 7.42. The van der Waals surface area contributed by atoms with Gasteiger partial charge in [0.1, 0.15) is 11.2 Å². The van der Waals surface area contributed by atoms with E-state index in [9.17, 15) is 0 Å². The van der Waals surface area contributed by atoms with Crippen LogP contribution >= 0.6 is 0 Å². The number of nitrogens with zero attached hydrogens (tertiary/aromatic N) is 5. The fourth-order valence-electron chi connectivity index (χ4n) is 9.59. The Labute approximate surface area is 355 Å². The zero-order valence-corrected chi connectivity index (χ0v) is 33.6. The standard InChI is InChI=1S/C56H35N5O/c1-60-46-20-10-7-17-40(46)44-32-39(27-29-47(44)60)55-57-54(36-25-23-35(24-26-36)34-13-3-2-4-14-34)58-56(59-55)52-49(30-28-43-42-19-9-12-22-51(42)62-53(43)52)61-48-21-11-8-18-41(48)45-31-37-15-5-6-16-38(37)33-50(45)61/h2-33H,1H3. The van der Waals surface area contributed by atoms with Gasteiger partial charge in [0, 0.05) is 61.5 Å². The molecule has 62 heavy (non-hydrogen) atoms. The number of rotatable bonds is 5. The van der Waals surface area contributed by atoms with Gasteiger partial charge in [-0.25, -0.2) is 15.0 Å². The number of aryl methyl sites for hydroxylation is 1. The van der Waals surface area contributed by atoms with E-state index >= 15 is 0 Å². The van der Waals surface area contributed by atoms with Gasteiger partial charge in [-0.2, -0.15) is 0 Å². The molecule has 0 aliphatic rings. The average molecular weight is 794 g/mol. The van der Waals surface area contributed by atoms with Crippen LogP contribution in [0.2, 0.25) is 0 Å². The fraction of sp³-hybridized carbons (Fsp3) is 0.0179. The topological polar surface area (TPSA) is 61.7 Å². The third-order valence-corrected chi connectivity index (χ3v) is 12.6. The van der Waals surface area contributed by atoms with Gasteiger partial charge in [0.2, 0.25) is 0 Å². The molecule has 6 nitrogen and oxygen atoms in total. The Hall–Kier alpha value is -8.35. The number of furan rings is 1. The first kappa shape index (κ1) is 34.5. The van der Waals surface area contributed by atoms with Crippen LogP contribution in [-0.2, 0) is 7.05 Å². The van der Waals surface area contributed by atoms with Gasteiger partial charge >= 0.3 is 0 Å². The highest BCUT2D eigenvalue weighted by Gasteiger charge is 2.25. The van der Waals surface area contributed by atoms with Crippen LogP contribution in [0.4, 0.5) is 0 Å². The van der Waals surface area contributed by atoms with Crippen LogP contribution in [0.5, 0.6) is 0 Å². The summed E-state index contributed by atoms with van der Waals surface area (Å²) < 4.78 is 11.5. The quantitative estimate of drug-likeness (QED) is 0.174. The van der Waals surface area contributed by atoms with E-state index in [1.807, 2.05) is 18.2 Å². The van der Waals surface area contributed by atoms with Crippen LogP contribution in [0.25, 0.3) is 127 Å². The normalized spacial score (nSPS) is 12.0. The largest absolute Gasteiger partial charge is 0.455 e. The molecule has 0 spiro atoms. The summed E-state index contributed by atoms with van der Waals surface area (Å²) in [7, 11) is 2.12. The first-order chi connectivity index (χ1) is 30.6. The number of para-hydroxylation sites is 3. The molecule has 0 radical (unpaired) electrons. The minimum atomic E-state index is 0.529. The lowest BCUT2D eigenvalue weighted by atomic mass is 10.0. The highest BCUT2D eigenvalue weighted by Crippen LogP contribution is 2.43. The van der Waals surface area contributed by atoms with Crippen LogP contribution in [0.3, 0.4) is 0 Å². The lowest BCUT2D eigenvalue weighted by Gasteiger charge is -2.15. The number of hydrogen-bond acceptors (Lipinski definition) is 4. The summed E-state index contributed by atoms with van der Waals surface area (Å²) in [6.07, 6.45) is 0. The van der Waals surface area contributed by atoms with E-state index in [1.54, 1.807) is 0 Å². The second-order valence-electron chi connectivity index (χ2n) is 16.1. The van der Waals surface area contributed by atoms with Crippen molar-refractivity contribution in [1.82, 2.24) is 24.1 Å². The van der Waals surface area contributed by atoms with Crippen molar-refractivity contribution in [3.05, 3.63) is 194 Å². The van der Waals surface area contributed by atoms with Gasteiger partial charge in [-0.15, -0.1) is 0 Å². The molecule has 0 aliphatic heterocycles. The fourth-order valence-corrected chi connectivity index (χ4v) is 9.59. The van der Waals surface area contributed by atoms with Gasteiger partial charge < -0.3 is 13.6 Å². The summed E-state index contributed by atoms with van der Waals surface area (Å²) >= 11 is 0. The molecule has 0 unspecified atom stereocenters. The molecule has 0 bridgehead atoms. The molecular formula is C56H35N5O. The summed E-state index contributed by atoms with van der Waals surface area (Å²) in [6, 6.07) is 68.4. The molecule has 0 saturated heterocycles. The average Bonchev–Trinajstić information content (AvgIpc) is 3.97. The molecule has 0 saturated carbocycles. The van der Waals surface area contributed by atoms with Gasteiger partial charge in [0.25, 0.3) is 0 Å². The molecule has 9 aromatic carbocycles. The van der Waals surface area contributed by atoms with Gasteiger partial charge in [-0.1, -0.05) is 133 Å². The minimum Gasteiger partial charge on any atom is -0.455 e. The molecule has 4 heterocycles. The van der Waals surface area contributed by atoms with Crippen LogP contribution in [0, 0.1) is 0 Å². The minimum absolute atomic E-state index is 0.529. The summed E-state index contributed by atoms with van der Waals surface area (Å²) in [4.78, 5) is 16.2. The van der Waals surface area contributed by atoms with Crippen molar-refractivity contribution in [2.75, 3.05) is 0 Å². The summed E-state index contributed by atoms with van der Waals surface area (Å²) in [5.41, 5.74) is 11.8. The van der Waals surface area contributed by atoms with Crippen molar-refractivity contribution in [3.8, 4) is 51.0 Å². The third kappa shape index (κ3) is 5.20. The van der Waals surface area contributed by atoms with E-state index in [4.69, 9.17) is 19.4 Å². The molecule has 290 valence electrons. The smallest absolute Gasteiger partial charge is 0.170 e. The Morgan fingerprint density at radius 3 is 1.74 bits per heavy atom. The zero-order valence-electron chi connectivity index (χ0n) is 33.6. The first-order valence-corrected chi connectivity index (χ1v) is 20.9. The summed E-state index contributed by atoms with van der Waals surface area (Å²) in [6.45, 7) is 0. The summed E-state index contributed by atoms with van der Waals surface area (Å²) in [5, 5.41) is 9.08. The molecule has 6 heteroatoms. The Morgan fingerprint density at radius 2 is 0.935 bits per heavy atom. The molecule has 0 aliphatic carbocycles. The molecule has 13 aromatic rings. The predicted molar refractivity (Wildman–Crippen MR) is 255 cm³/mol. The van der Waals surface area contributed by atoms with Gasteiger partial charge in [-0.05, 0) is 82.6 Å². The number of aromatic nitrogens is 5. The molecule has 0 fully saturated rings. The second-order valence-corrected chi connectivity index (χ2v) is 16.1. The maximum Gasteiger partial charge on any atom is 0.170 e. The molecular weight excluding hydrogens is 759 g/mol. The third-order valence-electron chi connectivity index (χ3n) is 12.6. The van der Waals surface area contributed by atoms with Crippen molar-refractivity contribution in [2.24, 2.45) is 7.05 Å². The van der Waals surface area contributed by atoms with Crippen molar-refractivity contribution in [3.63, 3.8) is 0 Å². The number of fused-ring (bicyclic) bond motifs is 10. The van der Waals surface area contributed by atoms with Gasteiger partial charge in [0.05, 0.1) is 22.3 Å². The van der Waals surface area contributed by atoms with Gasteiger partial charge in [0.15, 0.2) is 17.5 Å². The van der Waals surface area contributed by atoms with Crippen molar-refractivity contribution >= 4 is 76.3 Å². The van der Waals surface area contributed by atoms with Crippen LogP contribution in [0.15, 0.2) is 199 Å². The maximum atomic E-state index is 6.92. The zero-order chi connectivity index (χ0) is 40.9. The lowest BCUT2D eigenvalue weighted by Crippen LogP contribution is -2.04. The molecule has 13 rings (SSSR count). The van der Waals surface area contributed by atoms with Crippen LogP contribution in [-0.4, -0.2) is 24.1 Å². The number of benzene rings is 9. The van der Waals surface area contributed by atoms with E-state index in [-0.39, 0.29) is 0 Å². The first-order valence-electron chi connectivity index (χ1n) is 20.9. The monoisotopic (exact) mass is 793 g/mol. The Balaban J connectivity index is 1.12. The van der Waals surface area contributed by atoms with E-state index in [2.05, 4.69) is 192 Å². The highest BCUT2D eigenvalue weighted by atomic mass is 16.3. The van der Waals surface area contributed by atoms with E-state index in [1.165, 1.54) is 32.4 Å². The van der Waals surface area contributed by atoms with E-state index in [0.717, 1.165) is 77.4 Å². The SMILES string of the molecule is Cn1c2ccccc2c2cc(-c3nc(-c4ccc(-c5ccccc5)cc4)nc(-c4c(-n5c6ccccc6c6cc7ccccc7cc65)ccc5c4oc4ccccc45)n3)ccc21. The van der Waals surface area contributed by atoms with Gasteiger partial charge in [-0.3, -0.25) is 0 Å². The lowest BCUT2D eigenvalue weighted by molar-refractivity contribution is 0.669. The Bertz CT molecular complexity index is 3930. The maximum absolute atomic E-state index is 6.92. The van der Waals surface area contributed by atoms with E-state index < -0.39 is 0 Å². The van der Waals surface area contributed by atoms with Crippen molar-refractivity contribution in [2.45, 2.75) is 0 Å². The molecule has 4 aromatic heterocycles. The van der Waals surface area contributed by atoms with Crippen molar-refractivity contribution in [1.29, 1.82) is 0 Å².